The average Bonchev–Trinajstić information content (AvgIpc) is 3.09. The van der Waals surface area contributed by atoms with Gasteiger partial charge in [-0.3, -0.25) is 9.40 Å². The maximum absolute atomic E-state index is 13.1. The molecule has 148 valence electrons. The minimum atomic E-state index is -3.71. The zero-order chi connectivity index (χ0) is 20.3. The second-order valence-corrected chi connectivity index (χ2v) is 8.74. The van der Waals surface area contributed by atoms with Crippen molar-refractivity contribution in [2.75, 3.05) is 4.72 Å². The third-order valence-electron chi connectivity index (χ3n) is 4.60. The number of nitrogens with zero attached hydrogens (tertiary/aromatic N) is 2. The molecule has 0 spiro atoms. The van der Waals surface area contributed by atoms with Crippen molar-refractivity contribution in [1.29, 1.82) is 0 Å². The van der Waals surface area contributed by atoms with Gasteiger partial charge in [0, 0.05) is 11.2 Å². The predicted octanol–water partition coefficient (Wildman–Crippen LogP) is 5.04. The van der Waals surface area contributed by atoms with Crippen molar-refractivity contribution in [1.82, 2.24) is 9.78 Å². The molecule has 0 amide bonds. The molecule has 0 fully saturated rings. The molecule has 1 atom stereocenters. The summed E-state index contributed by atoms with van der Waals surface area (Å²) in [5.74, 6) is -0.0387. The van der Waals surface area contributed by atoms with Crippen LogP contribution in [0.3, 0.4) is 0 Å². The Hall–Kier alpha value is -2.38. The normalized spacial score (nSPS) is 12.7. The minimum absolute atomic E-state index is 0.189. The van der Waals surface area contributed by atoms with E-state index in [1.165, 1.54) is 23.0 Å². The zero-order valence-electron chi connectivity index (χ0n) is 15.6. The topological polar surface area (TPSA) is 64.0 Å². The summed E-state index contributed by atoms with van der Waals surface area (Å²) < 4.78 is 42.4. The van der Waals surface area contributed by atoms with Gasteiger partial charge in [-0.25, -0.2) is 12.8 Å². The molecule has 0 saturated heterocycles. The first-order valence-electron chi connectivity index (χ1n) is 8.87. The van der Waals surface area contributed by atoms with Gasteiger partial charge in [0.05, 0.1) is 23.3 Å². The van der Waals surface area contributed by atoms with E-state index in [1.54, 1.807) is 24.4 Å². The summed E-state index contributed by atoms with van der Waals surface area (Å²) in [6, 6.07) is 11.0. The van der Waals surface area contributed by atoms with Gasteiger partial charge in [-0.1, -0.05) is 43.6 Å². The molecule has 3 rings (SSSR count). The second-order valence-electron chi connectivity index (χ2n) is 6.65. The molecule has 0 aliphatic heterocycles. The largest absolute Gasteiger partial charge is 0.276 e. The van der Waals surface area contributed by atoms with Crippen molar-refractivity contribution in [3.8, 4) is 0 Å². The number of rotatable bonds is 7. The van der Waals surface area contributed by atoms with Crippen LogP contribution in [0.25, 0.3) is 0 Å². The van der Waals surface area contributed by atoms with Gasteiger partial charge in [0.1, 0.15) is 5.82 Å². The predicted molar refractivity (Wildman–Crippen MR) is 109 cm³/mol. The van der Waals surface area contributed by atoms with Crippen LogP contribution in [0.1, 0.15) is 37.3 Å². The van der Waals surface area contributed by atoms with Crippen molar-refractivity contribution in [2.45, 2.75) is 37.6 Å². The van der Waals surface area contributed by atoms with Gasteiger partial charge in [0.25, 0.3) is 10.0 Å². The molecule has 8 heteroatoms. The van der Waals surface area contributed by atoms with E-state index in [4.69, 9.17) is 11.6 Å². The van der Waals surface area contributed by atoms with E-state index in [9.17, 15) is 12.8 Å². The fourth-order valence-electron chi connectivity index (χ4n) is 2.75. The van der Waals surface area contributed by atoms with Crippen LogP contribution >= 0.6 is 11.6 Å². The maximum Gasteiger partial charge on any atom is 0.261 e. The van der Waals surface area contributed by atoms with E-state index >= 15 is 0 Å². The lowest BCUT2D eigenvalue weighted by molar-refractivity contribution is 0.601. The van der Waals surface area contributed by atoms with Crippen molar-refractivity contribution in [2.24, 2.45) is 0 Å². The summed E-state index contributed by atoms with van der Waals surface area (Å²) in [6.45, 7) is 4.49. The number of anilines is 1. The second kappa shape index (κ2) is 8.32. The van der Waals surface area contributed by atoms with Gasteiger partial charge in [0.2, 0.25) is 0 Å². The number of sulfonamides is 1. The van der Waals surface area contributed by atoms with Crippen molar-refractivity contribution < 1.29 is 12.8 Å². The van der Waals surface area contributed by atoms with Crippen LogP contribution < -0.4 is 4.72 Å². The van der Waals surface area contributed by atoms with E-state index < -0.39 is 15.8 Å². The van der Waals surface area contributed by atoms with Gasteiger partial charge in [0.15, 0.2) is 0 Å². The van der Waals surface area contributed by atoms with Crippen molar-refractivity contribution >= 4 is 27.3 Å². The first-order valence-corrected chi connectivity index (χ1v) is 10.7. The van der Waals surface area contributed by atoms with Crippen LogP contribution in [0, 0.1) is 5.82 Å². The standard InChI is InChI=1S/C20H21ClFN3O2S/c1-3-14(2)15-5-8-19(9-6-15)28(26,27)24-18-11-23-25(13-18)12-16-4-7-17(22)10-20(16)21/h4-11,13-14,24H,3,12H2,1-2H3. The summed E-state index contributed by atoms with van der Waals surface area (Å²) in [6.07, 6.45) is 3.97. The minimum Gasteiger partial charge on any atom is -0.276 e. The molecule has 1 N–H and O–H groups in total. The molecule has 0 aliphatic carbocycles. The molecule has 0 radical (unpaired) electrons. The monoisotopic (exact) mass is 421 g/mol. The summed E-state index contributed by atoms with van der Waals surface area (Å²) >= 11 is 6.03. The van der Waals surface area contributed by atoms with Crippen molar-refractivity contribution in [3.63, 3.8) is 0 Å². The number of aromatic nitrogens is 2. The van der Waals surface area contributed by atoms with Gasteiger partial charge in [-0.05, 0) is 47.7 Å². The third-order valence-corrected chi connectivity index (χ3v) is 6.35. The Labute approximate surface area is 169 Å². The SMILES string of the molecule is CCC(C)c1ccc(S(=O)(=O)Nc2cnn(Cc3ccc(F)cc3Cl)c2)cc1. The number of hydrogen-bond acceptors (Lipinski definition) is 3. The Kier molecular flexibility index (Phi) is 6.05. The highest BCUT2D eigenvalue weighted by Crippen LogP contribution is 2.22. The summed E-state index contributed by atoms with van der Waals surface area (Å²) in [4.78, 5) is 0.189. The van der Waals surface area contributed by atoms with Gasteiger partial charge in [-0.15, -0.1) is 0 Å². The highest BCUT2D eigenvalue weighted by Gasteiger charge is 2.16. The maximum atomic E-state index is 13.1. The molecule has 28 heavy (non-hydrogen) atoms. The molecular formula is C20H21ClFN3O2S. The van der Waals surface area contributed by atoms with Crippen LogP contribution in [0.15, 0.2) is 59.8 Å². The highest BCUT2D eigenvalue weighted by molar-refractivity contribution is 7.92. The van der Waals surface area contributed by atoms with E-state index in [-0.39, 0.29) is 4.90 Å². The van der Waals surface area contributed by atoms with Crippen LogP contribution in [0.4, 0.5) is 10.1 Å². The van der Waals surface area contributed by atoms with E-state index in [0.29, 0.717) is 28.7 Å². The molecule has 0 bridgehead atoms. The zero-order valence-corrected chi connectivity index (χ0v) is 17.1. The quantitative estimate of drug-likeness (QED) is 0.581. The Balaban J connectivity index is 1.73. The van der Waals surface area contributed by atoms with Gasteiger partial charge < -0.3 is 0 Å². The fraction of sp³-hybridized carbons (Fsp3) is 0.250. The van der Waals surface area contributed by atoms with Crippen LogP contribution in [-0.2, 0) is 16.6 Å². The van der Waals surface area contributed by atoms with E-state index in [1.807, 2.05) is 12.1 Å². The Bertz CT molecular complexity index is 1070. The van der Waals surface area contributed by atoms with Gasteiger partial charge >= 0.3 is 0 Å². The van der Waals surface area contributed by atoms with Crippen molar-refractivity contribution in [3.05, 3.63) is 76.8 Å². The number of benzene rings is 2. The number of halogens is 2. The van der Waals surface area contributed by atoms with Crippen LogP contribution in [0.2, 0.25) is 5.02 Å². The Morgan fingerprint density at radius 3 is 2.57 bits per heavy atom. The fourth-order valence-corrected chi connectivity index (χ4v) is 4.01. The number of nitrogens with one attached hydrogen (secondary N) is 1. The highest BCUT2D eigenvalue weighted by atomic mass is 35.5. The van der Waals surface area contributed by atoms with E-state index in [2.05, 4.69) is 23.7 Å². The lowest BCUT2D eigenvalue weighted by Gasteiger charge is -2.10. The van der Waals surface area contributed by atoms with Crippen LogP contribution in [-0.4, -0.2) is 18.2 Å². The average molecular weight is 422 g/mol. The molecular weight excluding hydrogens is 401 g/mol. The molecule has 1 unspecified atom stereocenters. The molecule has 0 saturated carbocycles. The molecule has 1 heterocycles. The molecule has 2 aromatic carbocycles. The Morgan fingerprint density at radius 2 is 1.93 bits per heavy atom. The van der Waals surface area contributed by atoms with Gasteiger partial charge in [-0.2, -0.15) is 5.10 Å². The lowest BCUT2D eigenvalue weighted by Crippen LogP contribution is -2.12. The smallest absolute Gasteiger partial charge is 0.261 e. The van der Waals surface area contributed by atoms with Crippen LogP contribution in [0.5, 0.6) is 0 Å². The third kappa shape index (κ3) is 4.72. The summed E-state index contributed by atoms with van der Waals surface area (Å²) in [5, 5.41) is 4.43. The first kappa shape index (κ1) is 20.4. The lowest BCUT2D eigenvalue weighted by atomic mass is 9.99. The molecule has 0 aliphatic rings. The van der Waals surface area contributed by atoms with E-state index in [0.717, 1.165) is 12.0 Å². The summed E-state index contributed by atoms with van der Waals surface area (Å²) in [5.41, 5.74) is 2.12. The molecule has 5 nitrogen and oxygen atoms in total. The number of hydrogen-bond donors (Lipinski definition) is 1. The first-order chi connectivity index (χ1) is 13.3. The molecule has 3 aromatic rings. The Morgan fingerprint density at radius 1 is 1.21 bits per heavy atom. The summed E-state index contributed by atoms with van der Waals surface area (Å²) in [7, 11) is -3.71. The molecule has 1 aromatic heterocycles.